The van der Waals surface area contributed by atoms with Crippen LogP contribution in [-0.4, -0.2) is 15.1 Å². The molecule has 1 aromatic carbocycles. The molecule has 0 radical (unpaired) electrons. The standard InChI is InChI=1S/C18H15ClN4S2/c19-14-3-6-16(7-4-14)25-17-8-5-15(12-21-17)23-18(24)22-11-13-2-1-9-20-10-13/h1-10,12H,11H2,(H2,22,23,24). The molecule has 0 aliphatic rings. The number of benzene rings is 1. The molecule has 126 valence electrons. The van der Waals surface area contributed by atoms with E-state index in [0.717, 1.165) is 26.2 Å². The number of halogens is 1. The highest BCUT2D eigenvalue weighted by Gasteiger charge is 2.02. The number of thiocarbonyl (C=S) groups is 1. The van der Waals surface area contributed by atoms with Crippen LogP contribution >= 0.6 is 35.6 Å². The average Bonchev–Trinajstić information content (AvgIpc) is 2.64. The van der Waals surface area contributed by atoms with E-state index in [2.05, 4.69) is 20.6 Å². The van der Waals surface area contributed by atoms with Gasteiger partial charge < -0.3 is 10.6 Å². The van der Waals surface area contributed by atoms with Gasteiger partial charge in [-0.3, -0.25) is 4.98 Å². The van der Waals surface area contributed by atoms with Crippen LogP contribution in [0.4, 0.5) is 5.69 Å². The highest BCUT2D eigenvalue weighted by atomic mass is 35.5. The Hall–Kier alpha value is -2.15. The zero-order chi connectivity index (χ0) is 17.5. The Balaban J connectivity index is 1.51. The summed E-state index contributed by atoms with van der Waals surface area (Å²) in [4.78, 5) is 9.60. The van der Waals surface area contributed by atoms with Gasteiger partial charge in [-0.15, -0.1) is 0 Å². The van der Waals surface area contributed by atoms with Crippen LogP contribution in [0.15, 0.2) is 77.0 Å². The first-order chi connectivity index (χ1) is 12.2. The van der Waals surface area contributed by atoms with E-state index in [1.165, 1.54) is 0 Å². The van der Waals surface area contributed by atoms with E-state index in [9.17, 15) is 0 Å². The molecule has 0 fully saturated rings. The molecule has 0 atom stereocenters. The first kappa shape index (κ1) is 17.7. The van der Waals surface area contributed by atoms with E-state index in [-0.39, 0.29) is 0 Å². The molecule has 2 N–H and O–H groups in total. The van der Waals surface area contributed by atoms with Crippen LogP contribution in [0.1, 0.15) is 5.56 Å². The zero-order valence-electron chi connectivity index (χ0n) is 13.1. The second-order valence-electron chi connectivity index (χ2n) is 5.11. The quantitative estimate of drug-likeness (QED) is 0.616. The van der Waals surface area contributed by atoms with Crippen LogP contribution in [0, 0.1) is 0 Å². The molecule has 0 amide bonds. The Bertz CT molecular complexity index is 824. The zero-order valence-corrected chi connectivity index (χ0v) is 15.5. The maximum Gasteiger partial charge on any atom is 0.171 e. The minimum Gasteiger partial charge on any atom is -0.358 e. The molecule has 3 rings (SSSR count). The largest absolute Gasteiger partial charge is 0.358 e. The average molecular weight is 387 g/mol. The fourth-order valence-corrected chi connectivity index (χ4v) is 3.07. The minimum atomic E-state index is 0.545. The molecule has 0 bridgehead atoms. The van der Waals surface area contributed by atoms with Gasteiger partial charge in [-0.2, -0.15) is 0 Å². The Labute approximate surface area is 161 Å². The van der Waals surface area contributed by atoms with Crippen LogP contribution < -0.4 is 10.6 Å². The van der Waals surface area contributed by atoms with Crippen LogP contribution in [0.5, 0.6) is 0 Å². The van der Waals surface area contributed by atoms with Crippen molar-refractivity contribution in [2.24, 2.45) is 0 Å². The third-order valence-electron chi connectivity index (χ3n) is 3.21. The van der Waals surface area contributed by atoms with Gasteiger partial charge in [0.1, 0.15) is 5.03 Å². The van der Waals surface area contributed by atoms with Crippen molar-refractivity contribution >= 4 is 46.4 Å². The smallest absolute Gasteiger partial charge is 0.171 e. The molecule has 4 nitrogen and oxygen atoms in total. The van der Waals surface area contributed by atoms with Crippen molar-refractivity contribution in [2.45, 2.75) is 16.5 Å². The van der Waals surface area contributed by atoms with Crippen molar-refractivity contribution < 1.29 is 0 Å². The summed E-state index contributed by atoms with van der Waals surface area (Å²) in [6, 6.07) is 15.5. The van der Waals surface area contributed by atoms with Crippen molar-refractivity contribution in [3.63, 3.8) is 0 Å². The Morgan fingerprint density at radius 1 is 1.08 bits per heavy atom. The molecular weight excluding hydrogens is 372 g/mol. The maximum atomic E-state index is 5.89. The molecule has 0 saturated heterocycles. The first-order valence-corrected chi connectivity index (χ1v) is 9.12. The lowest BCUT2D eigenvalue weighted by molar-refractivity contribution is 0.916. The summed E-state index contributed by atoms with van der Waals surface area (Å²) in [7, 11) is 0. The van der Waals surface area contributed by atoms with Gasteiger partial charge in [0.15, 0.2) is 5.11 Å². The predicted octanol–water partition coefficient (Wildman–Crippen LogP) is 4.77. The van der Waals surface area contributed by atoms with Crippen molar-refractivity contribution in [1.29, 1.82) is 0 Å². The number of pyridine rings is 2. The van der Waals surface area contributed by atoms with Gasteiger partial charge in [0.05, 0.1) is 11.9 Å². The van der Waals surface area contributed by atoms with E-state index in [1.54, 1.807) is 30.4 Å². The van der Waals surface area contributed by atoms with Crippen LogP contribution in [-0.2, 0) is 6.54 Å². The van der Waals surface area contributed by atoms with E-state index >= 15 is 0 Å². The highest BCUT2D eigenvalue weighted by Crippen LogP contribution is 2.27. The van der Waals surface area contributed by atoms with Gasteiger partial charge in [0, 0.05) is 28.9 Å². The third kappa shape index (κ3) is 5.70. The Morgan fingerprint density at radius 3 is 2.60 bits per heavy atom. The molecule has 0 unspecified atom stereocenters. The SMILES string of the molecule is S=C(NCc1cccnc1)Nc1ccc(Sc2ccc(Cl)cc2)nc1. The summed E-state index contributed by atoms with van der Waals surface area (Å²) in [5.74, 6) is 0. The Morgan fingerprint density at radius 2 is 1.92 bits per heavy atom. The number of hydrogen-bond acceptors (Lipinski definition) is 4. The number of nitrogens with zero attached hydrogens (tertiary/aromatic N) is 2. The number of aromatic nitrogens is 2. The molecule has 0 aliphatic heterocycles. The molecule has 7 heteroatoms. The lowest BCUT2D eigenvalue weighted by Gasteiger charge is -2.10. The van der Waals surface area contributed by atoms with Crippen molar-refractivity contribution in [1.82, 2.24) is 15.3 Å². The lowest BCUT2D eigenvalue weighted by atomic mass is 10.3. The second kappa shape index (κ2) is 8.80. The second-order valence-corrected chi connectivity index (χ2v) is 7.05. The van der Waals surface area contributed by atoms with Gasteiger partial charge >= 0.3 is 0 Å². The van der Waals surface area contributed by atoms with Gasteiger partial charge in [-0.25, -0.2) is 4.98 Å². The summed E-state index contributed by atoms with van der Waals surface area (Å²) in [6.07, 6.45) is 5.31. The number of anilines is 1. The van der Waals surface area contributed by atoms with Crippen LogP contribution in [0.3, 0.4) is 0 Å². The summed E-state index contributed by atoms with van der Waals surface area (Å²) in [5.41, 5.74) is 1.91. The van der Waals surface area contributed by atoms with Crippen LogP contribution in [0.2, 0.25) is 5.02 Å². The topological polar surface area (TPSA) is 49.8 Å². The number of nitrogens with one attached hydrogen (secondary N) is 2. The van der Waals surface area contributed by atoms with Crippen LogP contribution in [0.25, 0.3) is 0 Å². The summed E-state index contributed by atoms with van der Waals surface area (Å²) in [6.45, 7) is 0.623. The Kier molecular flexibility index (Phi) is 6.22. The van der Waals surface area contributed by atoms with Crippen molar-refractivity contribution in [2.75, 3.05) is 5.32 Å². The van der Waals surface area contributed by atoms with Gasteiger partial charge in [0.2, 0.25) is 0 Å². The summed E-state index contributed by atoms with van der Waals surface area (Å²) >= 11 is 12.8. The van der Waals surface area contributed by atoms with Gasteiger partial charge in [-0.05, 0) is 60.2 Å². The lowest BCUT2D eigenvalue weighted by Crippen LogP contribution is -2.27. The number of rotatable bonds is 5. The fraction of sp³-hybridized carbons (Fsp3) is 0.0556. The minimum absolute atomic E-state index is 0.545. The van der Waals surface area contributed by atoms with Crippen molar-refractivity contribution in [3.05, 3.63) is 77.7 Å². The summed E-state index contributed by atoms with van der Waals surface area (Å²) < 4.78 is 0. The van der Waals surface area contributed by atoms with Crippen molar-refractivity contribution in [3.8, 4) is 0 Å². The monoisotopic (exact) mass is 386 g/mol. The summed E-state index contributed by atoms with van der Waals surface area (Å²) in [5, 5.41) is 8.44. The normalized spacial score (nSPS) is 10.3. The number of hydrogen-bond donors (Lipinski definition) is 2. The van der Waals surface area contributed by atoms with Gasteiger partial charge in [-0.1, -0.05) is 29.4 Å². The molecule has 0 aliphatic carbocycles. The maximum absolute atomic E-state index is 5.89. The fourth-order valence-electron chi connectivity index (χ4n) is 2.00. The predicted molar refractivity (Wildman–Crippen MR) is 107 cm³/mol. The molecule has 3 aromatic rings. The van der Waals surface area contributed by atoms with E-state index in [0.29, 0.717) is 11.7 Å². The third-order valence-corrected chi connectivity index (χ3v) is 4.66. The molecule has 2 heterocycles. The van der Waals surface area contributed by atoms with E-state index in [4.69, 9.17) is 23.8 Å². The van der Waals surface area contributed by atoms with E-state index in [1.807, 2.05) is 48.5 Å². The molecule has 2 aromatic heterocycles. The first-order valence-electron chi connectivity index (χ1n) is 7.52. The molecule has 25 heavy (non-hydrogen) atoms. The van der Waals surface area contributed by atoms with E-state index < -0.39 is 0 Å². The molecule has 0 spiro atoms. The molecule has 0 saturated carbocycles. The highest BCUT2D eigenvalue weighted by molar-refractivity contribution is 7.99. The molecular formula is C18H15ClN4S2. The van der Waals surface area contributed by atoms with Gasteiger partial charge in [0.25, 0.3) is 0 Å².